The van der Waals surface area contributed by atoms with Crippen LogP contribution in [0.3, 0.4) is 0 Å². The van der Waals surface area contributed by atoms with E-state index >= 15 is 0 Å². The van der Waals surface area contributed by atoms with Gasteiger partial charge in [0.05, 0.1) is 24.9 Å². The van der Waals surface area contributed by atoms with Crippen LogP contribution in [0.4, 0.5) is 0 Å². The Balaban J connectivity index is 1.51. The molecule has 0 radical (unpaired) electrons. The number of halogens is 1. The van der Waals surface area contributed by atoms with E-state index in [1.807, 2.05) is 49.4 Å². The van der Waals surface area contributed by atoms with Gasteiger partial charge < -0.3 is 14.4 Å². The van der Waals surface area contributed by atoms with E-state index < -0.39 is 0 Å². The van der Waals surface area contributed by atoms with E-state index in [-0.39, 0.29) is 12.0 Å². The van der Waals surface area contributed by atoms with Crippen molar-refractivity contribution in [1.29, 1.82) is 0 Å². The van der Waals surface area contributed by atoms with Crippen LogP contribution < -0.4 is 4.74 Å². The molecule has 1 heterocycles. The largest absolute Gasteiger partial charge is 0.493 e. The van der Waals surface area contributed by atoms with Crippen LogP contribution in [0, 0.1) is 0 Å². The third-order valence-electron chi connectivity index (χ3n) is 3.95. The topological polar surface area (TPSA) is 38.8 Å². The summed E-state index contributed by atoms with van der Waals surface area (Å²) in [6, 6.07) is 14.9. The number of likely N-dealkylation sites (tertiary alicyclic amines) is 1. The summed E-state index contributed by atoms with van der Waals surface area (Å²) in [7, 11) is 0. The highest BCUT2D eigenvalue weighted by Gasteiger charge is 2.33. The molecule has 3 rings (SSSR count). The number of para-hydroxylation sites is 1. The number of carbonyl (C=O) groups is 1. The van der Waals surface area contributed by atoms with Crippen molar-refractivity contribution in [2.75, 3.05) is 19.7 Å². The van der Waals surface area contributed by atoms with E-state index in [0.29, 0.717) is 42.6 Å². The monoisotopic (exact) mass is 345 g/mol. The van der Waals surface area contributed by atoms with Crippen molar-refractivity contribution in [3.63, 3.8) is 0 Å². The normalized spacial score (nSPS) is 14.3. The quantitative estimate of drug-likeness (QED) is 0.799. The van der Waals surface area contributed by atoms with Crippen molar-refractivity contribution in [1.82, 2.24) is 4.90 Å². The number of hydrogen-bond donors (Lipinski definition) is 0. The predicted octanol–water partition coefficient (Wildman–Crippen LogP) is 3.78. The Morgan fingerprint density at radius 1 is 1.17 bits per heavy atom. The molecule has 0 aliphatic carbocycles. The molecule has 2 aromatic rings. The molecule has 0 bridgehead atoms. The fourth-order valence-electron chi connectivity index (χ4n) is 2.60. The van der Waals surface area contributed by atoms with Crippen molar-refractivity contribution in [3.05, 3.63) is 64.7 Å². The summed E-state index contributed by atoms with van der Waals surface area (Å²) in [5.41, 5.74) is 1.68. The number of ether oxygens (including phenoxy) is 2. The Hall–Kier alpha value is -2.04. The van der Waals surface area contributed by atoms with Crippen LogP contribution >= 0.6 is 11.6 Å². The molecule has 2 aromatic carbocycles. The minimum atomic E-state index is -0.00890. The number of nitrogens with zero attached hydrogens (tertiary/aromatic N) is 1. The molecule has 0 saturated carbocycles. The predicted molar refractivity (Wildman–Crippen MR) is 93.5 cm³/mol. The van der Waals surface area contributed by atoms with E-state index in [1.165, 1.54) is 0 Å². The van der Waals surface area contributed by atoms with Gasteiger partial charge in [-0.25, -0.2) is 0 Å². The second-order valence-corrected chi connectivity index (χ2v) is 6.14. The Bertz CT molecular complexity index is 696. The summed E-state index contributed by atoms with van der Waals surface area (Å²) in [6.07, 6.45) is 0.0730. The maximum Gasteiger partial charge on any atom is 0.257 e. The molecule has 0 aromatic heterocycles. The molecular formula is C19H20ClNO3. The first-order valence-corrected chi connectivity index (χ1v) is 8.42. The smallest absolute Gasteiger partial charge is 0.257 e. The van der Waals surface area contributed by atoms with E-state index in [0.717, 1.165) is 5.56 Å². The molecule has 126 valence electrons. The third kappa shape index (κ3) is 3.89. The van der Waals surface area contributed by atoms with Crippen molar-refractivity contribution >= 4 is 17.5 Å². The zero-order valence-electron chi connectivity index (χ0n) is 13.6. The minimum absolute atomic E-state index is 0.00890. The lowest BCUT2D eigenvalue weighted by Crippen LogP contribution is -2.54. The van der Waals surface area contributed by atoms with Gasteiger partial charge in [0.1, 0.15) is 5.75 Å². The summed E-state index contributed by atoms with van der Waals surface area (Å²) in [6.45, 7) is 4.18. The molecule has 1 saturated heterocycles. The summed E-state index contributed by atoms with van der Waals surface area (Å²) < 4.78 is 11.4. The average Bonchev–Trinajstić information content (AvgIpc) is 2.55. The molecule has 0 unspecified atom stereocenters. The van der Waals surface area contributed by atoms with Gasteiger partial charge >= 0.3 is 0 Å². The molecule has 24 heavy (non-hydrogen) atoms. The summed E-state index contributed by atoms with van der Waals surface area (Å²) in [5, 5.41) is 0.715. The van der Waals surface area contributed by atoms with Crippen LogP contribution in [-0.2, 0) is 11.3 Å². The number of rotatable bonds is 6. The van der Waals surface area contributed by atoms with E-state index in [1.54, 1.807) is 11.0 Å². The van der Waals surface area contributed by atoms with E-state index in [4.69, 9.17) is 21.1 Å². The van der Waals surface area contributed by atoms with Crippen molar-refractivity contribution in [2.45, 2.75) is 19.6 Å². The van der Waals surface area contributed by atoms with Gasteiger partial charge in [0, 0.05) is 18.1 Å². The second-order valence-electron chi connectivity index (χ2n) is 5.70. The molecular weight excluding hydrogens is 326 g/mol. The van der Waals surface area contributed by atoms with Gasteiger partial charge in [-0.05, 0) is 36.8 Å². The van der Waals surface area contributed by atoms with Gasteiger partial charge in [0.25, 0.3) is 5.91 Å². The fraction of sp³-hybridized carbons (Fsp3) is 0.316. The third-order valence-corrected chi connectivity index (χ3v) is 4.20. The Morgan fingerprint density at radius 2 is 1.88 bits per heavy atom. The summed E-state index contributed by atoms with van der Waals surface area (Å²) >= 11 is 5.86. The molecule has 1 aliphatic rings. The number of amides is 1. The standard InChI is InChI=1S/C19H20ClNO3/c1-2-23-18-6-4-3-5-17(18)19(22)21-11-16(12-21)24-13-14-7-9-15(20)10-8-14/h3-10,16H,2,11-13H2,1H3. The van der Waals surface area contributed by atoms with Crippen LogP contribution in [0.5, 0.6) is 5.75 Å². The first kappa shape index (κ1) is 16.8. The minimum Gasteiger partial charge on any atom is -0.493 e. The van der Waals surface area contributed by atoms with Crippen LogP contribution in [0.15, 0.2) is 48.5 Å². The number of hydrogen-bond acceptors (Lipinski definition) is 3. The van der Waals surface area contributed by atoms with Gasteiger partial charge in [-0.3, -0.25) is 4.79 Å². The molecule has 1 aliphatic heterocycles. The van der Waals surface area contributed by atoms with Gasteiger partial charge in [0.2, 0.25) is 0 Å². The lowest BCUT2D eigenvalue weighted by atomic mass is 10.1. The van der Waals surface area contributed by atoms with Crippen LogP contribution in [0.1, 0.15) is 22.8 Å². The van der Waals surface area contributed by atoms with E-state index in [9.17, 15) is 4.79 Å². The van der Waals surface area contributed by atoms with Gasteiger partial charge in [-0.15, -0.1) is 0 Å². The van der Waals surface area contributed by atoms with Gasteiger partial charge in [-0.2, -0.15) is 0 Å². The molecule has 0 spiro atoms. The first-order valence-electron chi connectivity index (χ1n) is 8.04. The second kappa shape index (κ2) is 7.69. The SMILES string of the molecule is CCOc1ccccc1C(=O)N1CC(OCc2ccc(Cl)cc2)C1. The summed E-state index contributed by atoms with van der Waals surface area (Å²) in [5.74, 6) is 0.626. The number of benzene rings is 2. The molecule has 1 amide bonds. The van der Waals surface area contributed by atoms with Gasteiger partial charge in [-0.1, -0.05) is 35.9 Å². The fourth-order valence-corrected chi connectivity index (χ4v) is 2.73. The molecule has 4 nitrogen and oxygen atoms in total. The molecule has 1 fully saturated rings. The zero-order valence-corrected chi connectivity index (χ0v) is 14.3. The Kier molecular flexibility index (Phi) is 5.38. The van der Waals surface area contributed by atoms with Crippen LogP contribution in [0.25, 0.3) is 0 Å². The molecule has 0 atom stereocenters. The maximum absolute atomic E-state index is 12.6. The highest BCUT2D eigenvalue weighted by atomic mass is 35.5. The summed E-state index contributed by atoms with van der Waals surface area (Å²) in [4.78, 5) is 14.3. The molecule has 5 heteroatoms. The first-order chi connectivity index (χ1) is 11.7. The zero-order chi connectivity index (χ0) is 16.9. The molecule has 0 N–H and O–H groups in total. The lowest BCUT2D eigenvalue weighted by Gasteiger charge is -2.39. The van der Waals surface area contributed by atoms with Crippen LogP contribution in [-0.4, -0.2) is 36.6 Å². The highest BCUT2D eigenvalue weighted by molar-refractivity contribution is 6.30. The van der Waals surface area contributed by atoms with E-state index in [2.05, 4.69) is 0 Å². The number of carbonyl (C=O) groups excluding carboxylic acids is 1. The van der Waals surface area contributed by atoms with Crippen molar-refractivity contribution in [3.8, 4) is 5.75 Å². The Labute approximate surface area is 146 Å². The van der Waals surface area contributed by atoms with Gasteiger partial charge in [0.15, 0.2) is 0 Å². The van der Waals surface area contributed by atoms with Crippen LogP contribution in [0.2, 0.25) is 5.02 Å². The average molecular weight is 346 g/mol. The Morgan fingerprint density at radius 3 is 2.58 bits per heavy atom. The highest BCUT2D eigenvalue weighted by Crippen LogP contribution is 2.24. The maximum atomic E-state index is 12.6. The lowest BCUT2D eigenvalue weighted by molar-refractivity contribution is -0.0503. The van der Waals surface area contributed by atoms with Crippen molar-refractivity contribution in [2.24, 2.45) is 0 Å². The van der Waals surface area contributed by atoms with Crippen molar-refractivity contribution < 1.29 is 14.3 Å².